The first-order chi connectivity index (χ1) is 5.16. The Kier molecular flexibility index (Phi) is 1.44. The van der Waals surface area contributed by atoms with Gasteiger partial charge in [-0.3, -0.25) is 0 Å². The normalized spacial score (nSPS) is 42.0. The van der Waals surface area contributed by atoms with Crippen LogP contribution in [0.25, 0.3) is 0 Å². The van der Waals surface area contributed by atoms with Gasteiger partial charge in [-0.05, 0) is 0 Å². The molecule has 0 radical (unpaired) electrons. The third-order valence-electron chi connectivity index (χ3n) is 2.48. The average Bonchev–Trinajstić information content (AvgIpc) is 2.54. The fourth-order valence-electron chi connectivity index (χ4n) is 1.52. The summed E-state index contributed by atoms with van der Waals surface area (Å²) in [5.41, 5.74) is -0.858. The van der Waals surface area contributed by atoms with Crippen molar-refractivity contribution in [3.63, 3.8) is 0 Å². The quantitative estimate of drug-likeness (QED) is 0.565. The number of ether oxygens (including phenoxy) is 1. The van der Waals surface area contributed by atoms with E-state index in [2.05, 4.69) is 5.32 Å². The van der Waals surface area contributed by atoms with E-state index in [1.54, 1.807) is 0 Å². The molecule has 4 heteroatoms. The first-order valence-corrected chi connectivity index (χ1v) is 3.83. The van der Waals surface area contributed by atoms with Crippen molar-refractivity contribution in [1.82, 2.24) is 5.32 Å². The van der Waals surface area contributed by atoms with E-state index in [1.165, 1.54) is 0 Å². The average molecular weight is 163 g/mol. The molecule has 1 saturated carbocycles. The van der Waals surface area contributed by atoms with Crippen molar-refractivity contribution >= 4 is 0 Å². The Morgan fingerprint density at radius 2 is 2.09 bits per heavy atom. The molecule has 0 bridgehead atoms. The van der Waals surface area contributed by atoms with Gasteiger partial charge >= 0.3 is 0 Å². The van der Waals surface area contributed by atoms with Crippen molar-refractivity contribution in [3.05, 3.63) is 0 Å². The van der Waals surface area contributed by atoms with Crippen LogP contribution in [0.2, 0.25) is 0 Å². The lowest BCUT2D eigenvalue weighted by atomic mass is 10.1. The molecular weight excluding hydrogens is 152 g/mol. The topological polar surface area (TPSA) is 21.3 Å². The predicted octanol–water partition coefficient (Wildman–Crippen LogP) is 0.632. The van der Waals surface area contributed by atoms with Crippen molar-refractivity contribution in [2.24, 2.45) is 5.41 Å². The second-order valence-corrected chi connectivity index (χ2v) is 3.39. The van der Waals surface area contributed by atoms with Crippen molar-refractivity contribution in [1.29, 1.82) is 0 Å². The number of rotatable bonds is 0. The number of hydrogen-bond donors (Lipinski definition) is 1. The maximum Gasteiger partial charge on any atom is 0.258 e. The highest BCUT2D eigenvalue weighted by atomic mass is 19.3. The molecule has 0 aromatic heterocycles. The monoisotopic (exact) mass is 163 g/mol. The first kappa shape index (κ1) is 7.43. The Morgan fingerprint density at radius 1 is 1.36 bits per heavy atom. The summed E-state index contributed by atoms with van der Waals surface area (Å²) in [6.45, 7) is 1.86. The highest BCUT2D eigenvalue weighted by Crippen LogP contribution is 2.60. The molecule has 2 rings (SSSR count). The van der Waals surface area contributed by atoms with Crippen molar-refractivity contribution in [2.75, 3.05) is 26.3 Å². The van der Waals surface area contributed by atoms with Crippen LogP contribution in [-0.4, -0.2) is 32.2 Å². The molecule has 0 amide bonds. The Balaban J connectivity index is 2.03. The number of halogens is 2. The lowest BCUT2D eigenvalue weighted by Gasteiger charge is -2.11. The molecule has 1 aliphatic carbocycles. The summed E-state index contributed by atoms with van der Waals surface area (Å²) in [5, 5.41) is 2.95. The van der Waals surface area contributed by atoms with Gasteiger partial charge in [-0.1, -0.05) is 0 Å². The zero-order chi connectivity index (χ0) is 7.95. The minimum Gasteiger partial charge on any atom is -0.379 e. The maximum atomic E-state index is 12.7. The van der Waals surface area contributed by atoms with Gasteiger partial charge in [0.1, 0.15) is 0 Å². The Labute approximate surface area is 63.9 Å². The van der Waals surface area contributed by atoms with E-state index in [9.17, 15) is 8.78 Å². The first-order valence-electron chi connectivity index (χ1n) is 3.83. The SMILES string of the molecule is FC1(F)CC12CNCCOC2. The van der Waals surface area contributed by atoms with E-state index in [-0.39, 0.29) is 13.0 Å². The molecule has 1 atom stereocenters. The van der Waals surface area contributed by atoms with Gasteiger partial charge in [-0.2, -0.15) is 0 Å². The summed E-state index contributed by atoms with van der Waals surface area (Å²) in [6.07, 6.45) is -0.00694. The molecule has 1 unspecified atom stereocenters. The Morgan fingerprint density at radius 3 is 2.73 bits per heavy atom. The standard InChI is InChI=1S/C7H11F2NO/c8-7(9)3-6(7)4-10-1-2-11-5-6/h10H,1-5H2. The van der Waals surface area contributed by atoms with Crippen LogP contribution in [0.4, 0.5) is 8.78 Å². The van der Waals surface area contributed by atoms with E-state index in [1.807, 2.05) is 0 Å². The molecule has 2 fully saturated rings. The molecule has 2 nitrogen and oxygen atoms in total. The third-order valence-corrected chi connectivity index (χ3v) is 2.48. The van der Waals surface area contributed by atoms with Crippen LogP contribution in [0.5, 0.6) is 0 Å². The van der Waals surface area contributed by atoms with Gasteiger partial charge < -0.3 is 10.1 Å². The summed E-state index contributed by atoms with van der Waals surface area (Å²) < 4.78 is 30.5. The predicted molar refractivity (Wildman–Crippen MR) is 35.7 cm³/mol. The van der Waals surface area contributed by atoms with Crippen LogP contribution in [-0.2, 0) is 4.74 Å². The fourth-order valence-corrected chi connectivity index (χ4v) is 1.52. The highest BCUT2D eigenvalue weighted by Gasteiger charge is 2.70. The summed E-state index contributed by atoms with van der Waals surface area (Å²) in [4.78, 5) is 0. The van der Waals surface area contributed by atoms with Gasteiger partial charge in [0.2, 0.25) is 0 Å². The van der Waals surface area contributed by atoms with E-state index in [0.29, 0.717) is 19.7 Å². The third kappa shape index (κ3) is 1.05. The number of nitrogens with one attached hydrogen (secondary N) is 1. The summed E-state index contributed by atoms with van der Waals surface area (Å²) >= 11 is 0. The molecule has 1 spiro atoms. The van der Waals surface area contributed by atoms with Gasteiger partial charge in [0.05, 0.1) is 18.6 Å². The summed E-state index contributed by atoms with van der Waals surface area (Å²) in [7, 11) is 0. The molecule has 0 aromatic rings. The molecule has 0 aromatic carbocycles. The smallest absolute Gasteiger partial charge is 0.258 e. The second kappa shape index (κ2) is 2.14. The maximum absolute atomic E-state index is 12.7. The Bertz CT molecular complexity index is 164. The van der Waals surface area contributed by atoms with E-state index in [4.69, 9.17) is 4.74 Å². The van der Waals surface area contributed by atoms with Crippen molar-refractivity contribution in [2.45, 2.75) is 12.3 Å². The van der Waals surface area contributed by atoms with Gasteiger partial charge in [0.15, 0.2) is 0 Å². The minimum atomic E-state index is -2.48. The van der Waals surface area contributed by atoms with Crippen LogP contribution < -0.4 is 5.32 Å². The molecule has 1 aliphatic heterocycles. The zero-order valence-electron chi connectivity index (χ0n) is 6.20. The Hall–Kier alpha value is -0.220. The minimum absolute atomic E-state index is 0.00694. The summed E-state index contributed by atoms with van der Waals surface area (Å²) in [5.74, 6) is -2.48. The van der Waals surface area contributed by atoms with E-state index < -0.39 is 11.3 Å². The van der Waals surface area contributed by atoms with E-state index >= 15 is 0 Å². The molecule has 1 saturated heterocycles. The lowest BCUT2D eigenvalue weighted by Crippen LogP contribution is -2.28. The largest absolute Gasteiger partial charge is 0.379 e. The van der Waals surface area contributed by atoms with Gasteiger partial charge in [-0.15, -0.1) is 0 Å². The van der Waals surface area contributed by atoms with Gasteiger partial charge in [0, 0.05) is 19.5 Å². The van der Waals surface area contributed by atoms with Crippen molar-refractivity contribution in [3.8, 4) is 0 Å². The highest BCUT2D eigenvalue weighted by molar-refractivity contribution is 5.11. The van der Waals surface area contributed by atoms with Crippen LogP contribution >= 0.6 is 0 Å². The molecule has 1 N–H and O–H groups in total. The summed E-state index contributed by atoms with van der Waals surface area (Å²) in [6, 6.07) is 0. The number of hydrogen-bond acceptors (Lipinski definition) is 2. The van der Waals surface area contributed by atoms with E-state index in [0.717, 1.165) is 0 Å². The number of alkyl halides is 2. The second-order valence-electron chi connectivity index (χ2n) is 3.39. The molecule has 11 heavy (non-hydrogen) atoms. The molecule has 2 aliphatic rings. The van der Waals surface area contributed by atoms with Crippen molar-refractivity contribution < 1.29 is 13.5 Å². The van der Waals surface area contributed by atoms with Crippen LogP contribution in [0.15, 0.2) is 0 Å². The fraction of sp³-hybridized carbons (Fsp3) is 1.00. The molecule has 64 valence electrons. The zero-order valence-corrected chi connectivity index (χ0v) is 6.20. The van der Waals surface area contributed by atoms with Gasteiger partial charge in [0.25, 0.3) is 5.92 Å². The molecular formula is C7H11F2NO. The van der Waals surface area contributed by atoms with Crippen LogP contribution in [0, 0.1) is 5.41 Å². The lowest BCUT2D eigenvalue weighted by molar-refractivity contribution is 0.0231. The molecule has 1 heterocycles. The van der Waals surface area contributed by atoms with Crippen LogP contribution in [0.3, 0.4) is 0 Å². The van der Waals surface area contributed by atoms with Gasteiger partial charge in [-0.25, -0.2) is 8.78 Å². The van der Waals surface area contributed by atoms with Crippen LogP contribution in [0.1, 0.15) is 6.42 Å².